The first-order chi connectivity index (χ1) is 15.5. The predicted molar refractivity (Wildman–Crippen MR) is 137 cm³/mol. The topological polar surface area (TPSA) is 24.7 Å². The van der Waals surface area contributed by atoms with Gasteiger partial charge in [-0.1, -0.05) is 96.1 Å². The summed E-state index contributed by atoms with van der Waals surface area (Å²) in [4.78, 5) is 10.4. The van der Waals surface area contributed by atoms with Crippen molar-refractivity contribution in [1.82, 2.24) is 0 Å². The molecule has 32 heavy (non-hydrogen) atoms. The summed E-state index contributed by atoms with van der Waals surface area (Å²) >= 11 is 0. The van der Waals surface area contributed by atoms with E-state index in [-0.39, 0.29) is 0 Å². The molecule has 0 spiro atoms. The Morgan fingerprint density at radius 2 is 0.844 bits per heavy atom. The van der Waals surface area contributed by atoms with Gasteiger partial charge in [0.25, 0.3) is 0 Å². The molecular formula is C30H28N2. The van der Waals surface area contributed by atoms with Crippen molar-refractivity contribution in [1.29, 1.82) is 0 Å². The molecule has 0 fully saturated rings. The van der Waals surface area contributed by atoms with Crippen LogP contribution in [0.25, 0.3) is 0 Å². The molecule has 0 amide bonds. The number of aliphatic imine (C=N–C) groups is 2. The van der Waals surface area contributed by atoms with Crippen molar-refractivity contribution in [3.05, 3.63) is 130 Å². The van der Waals surface area contributed by atoms with Gasteiger partial charge in [-0.3, -0.25) is 0 Å². The highest BCUT2D eigenvalue weighted by molar-refractivity contribution is 6.54. The summed E-state index contributed by atoms with van der Waals surface area (Å²) in [5.74, 6) is 0. The maximum atomic E-state index is 5.18. The Labute approximate surface area is 191 Å². The second kappa shape index (κ2) is 9.57. The zero-order valence-corrected chi connectivity index (χ0v) is 19.1. The highest BCUT2D eigenvalue weighted by Gasteiger charge is 2.16. The molecule has 0 N–H and O–H groups in total. The molecule has 0 saturated carbocycles. The average Bonchev–Trinajstić information content (AvgIpc) is 2.80. The Morgan fingerprint density at radius 3 is 1.19 bits per heavy atom. The van der Waals surface area contributed by atoms with E-state index in [1.165, 1.54) is 11.1 Å². The molecule has 0 aliphatic carbocycles. The van der Waals surface area contributed by atoms with Gasteiger partial charge in [0.05, 0.1) is 22.8 Å². The summed E-state index contributed by atoms with van der Waals surface area (Å²) in [6.07, 6.45) is 0. The van der Waals surface area contributed by atoms with E-state index in [2.05, 4.69) is 88.4 Å². The summed E-state index contributed by atoms with van der Waals surface area (Å²) in [6, 6.07) is 33.4. The molecule has 4 rings (SSSR count). The first kappa shape index (κ1) is 21.5. The monoisotopic (exact) mass is 416 g/mol. The molecular weight excluding hydrogens is 388 g/mol. The molecule has 0 saturated heterocycles. The first-order valence-electron chi connectivity index (χ1n) is 10.9. The van der Waals surface area contributed by atoms with E-state index < -0.39 is 0 Å². The molecule has 4 aromatic rings. The highest BCUT2D eigenvalue weighted by Crippen LogP contribution is 2.25. The minimum absolute atomic E-state index is 0.865. The molecule has 158 valence electrons. The first-order valence-corrected chi connectivity index (χ1v) is 10.9. The van der Waals surface area contributed by atoms with Crippen LogP contribution in [0.1, 0.15) is 33.4 Å². The molecule has 0 aromatic heterocycles. The number of nitrogens with zero attached hydrogens (tertiary/aromatic N) is 2. The van der Waals surface area contributed by atoms with Gasteiger partial charge in [-0.25, -0.2) is 9.98 Å². The molecule has 2 nitrogen and oxygen atoms in total. The van der Waals surface area contributed by atoms with Crippen molar-refractivity contribution in [2.45, 2.75) is 27.7 Å². The number of hydrogen-bond donors (Lipinski definition) is 0. The van der Waals surface area contributed by atoms with Crippen LogP contribution in [0.15, 0.2) is 107 Å². The van der Waals surface area contributed by atoms with Crippen LogP contribution in [0.5, 0.6) is 0 Å². The van der Waals surface area contributed by atoms with Crippen molar-refractivity contribution in [3.8, 4) is 0 Å². The van der Waals surface area contributed by atoms with E-state index in [1.807, 2.05) is 36.4 Å². The lowest BCUT2D eigenvalue weighted by molar-refractivity contribution is 1.34. The normalized spacial score (nSPS) is 12.1. The minimum atomic E-state index is 0.865. The fraction of sp³-hybridized carbons (Fsp3) is 0.133. The van der Waals surface area contributed by atoms with Crippen LogP contribution < -0.4 is 0 Å². The van der Waals surface area contributed by atoms with Gasteiger partial charge in [-0.15, -0.1) is 0 Å². The Bertz CT molecular complexity index is 1180. The summed E-state index contributed by atoms with van der Waals surface area (Å²) in [6.45, 7) is 8.43. The third-order valence-electron chi connectivity index (χ3n) is 5.49. The van der Waals surface area contributed by atoms with Crippen molar-refractivity contribution in [2.75, 3.05) is 0 Å². The molecule has 0 aliphatic rings. The summed E-state index contributed by atoms with van der Waals surface area (Å²) < 4.78 is 0. The van der Waals surface area contributed by atoms with Gasteiger partial charge >= 0.3 is 0 Å². The fourth-order valence-electron chi connectivity index (χ4n) is 3.80. The lowest BCUT2D eigenvalue weighted by Gasteiger charge is -2.14. The molecule has 0 aliphatic heterocycles. The van der Waals surface area contributed by atoms with E-state index >= 15 is 0 Å². The molecule has 0 bridgehead atoms. The molecule has 4 aromatic carbocycles. The third kappa shape index (κ3) is 4.92. The summed E-state index contributed by atoms with van der Waals surface area (Å²) in [5.41, 5.74) is 10.5. The van der Waals surface area contributed by atoms with Gasteiger partial charge < -0.3 is 0 Å². The summed E-state index contributed by atoms with van der Waals surface area (Å²) in [5, 5.41) is 0. The fourth-order valence-corrected chi connectivity index (χ4v) is 3.80. The average molecular weight is 417 g/mol. The van der Waals surface area contributed by atoms with E-state index in [0.717, 1.165) is 45.1 Å². The van der Waals surface area contributed by atoms with Crippen molar-refractivity contribution < 1.29 is 0 Å². The van der Waals surface area contributed by atoms with Crippen molar-refractivity contribution in [2.24, 2.45) is 9.98 Å². The van der Waals surface area contributed by atoms with Crippen molar-refractivity contribution >= 4 is 22.8 Å². The van der Waals surface area contributed by atoms with E-state index in [1.54, 1.807) is 0 Å². The lowest BCUT2D eigenvalue weighted by atomic mass is 9.98. The minimum Gasteiger partial charge on any atom is -0.246 e. The largest absolute Gasteiger partial charge is 0.246 e. The van der Waals surface area contributed by atoms with Crippen LogP contribution in [-0.2, 0) is 0 Å². The van der Waals surface area contributed by atoms with Gasteiger partial charge in [0.15, 0.2) is 0 Å². The Hall–Kier alpha value is -3.78. The molecule has 0 atom stereocenters. The van der Waals surface area contributed by atoms with Gasteiger partial charge in [0.2, 0.25) is 0 Å². The van der Waals surface area contributed by atoms with Crippen LogP contribution in [0.2, 0.25) is 0 Å². The molecule has 2 heteroatoms. The molecule has 0 heterocycles. The predicted octanol–water partition coefficient (Wildman–Crippen LogP) is 7.86. The van der Waals surface area contributed by atoms with Gasteiger partial charge in [0, 0.05) is 11.1 Å². The maximum absolute atomic E-state index is 5.18. The molecule has 0 unspecified atom stereocenters. The number of benzene rings is 4. The number of aryl methyl sites for hydroxylation is 4. The second-order valence-electron chi connectivity index (χ2n) is 8.23. The Balaban J connectivity index is 1.99. The zero-order chi connectivity index (χ0) is 22.5. The Kier molecular flexibility index (Phi) is 6.42. The number of rotatable bonds is 5. The summed E-state index contributed by atoms with van der Waals surface area (Å²) in [7, 11) is 0. The van der Waals surface area contributed by atoms with Gasteiger partial charge in [-0.2, -0.15) is 0 Å². The van der Waals surface area contributed by atoms with Gasteiger partial charge in [-0.05, 0) is 51.0 Å². The van der Waals surface area contributed by atoms with Gasteiger partial charge in [0.1, 0.15) is 0 Å². The standard InChI is InChI=1S/C30H28N2/c1-21-15-17-27(23(3)19-21)31-29(25-11-7-5-8-12-25)30(26-13-9-6-10-14-26)32-28-18-16-22(2)20-24(28)4/h5-20H,1-4H3. The maximum Gasteiger partial charge on any atom is 0.0972 e. The Morgan fingerprint density at radius 1 is 0.469 bits per heavy atom. The quantitative estimate of drug-likeness (QED) is 0.296. The number of hydrogen-bond acceptors (Lipinski definition) is 2. The third-order valence-corrected chi connectivity index (χ3v) is 5.49. The van der Waals surface area contributed by atoms with E-state index in [4.69, 9.17) is 9.98 Å². The highest BCUT2D eigenvalue weighted by atomic mass is 14.8. The van der Waals surface area contributed by atoms with E-state index in [0.29, 0.717) is 0 Å². The second-order valence-corrected chi connectivity index (χ2v) is 8.23. The van der Waals surface area contributed by atoms with Crippen LogP contribution in [0, 0.1) is 27.7 Å². The lowest BCUT2D eigenvalue weighted by Crippen LogP contribution is -2.17. The van der Waals surface area contributed by atoms with Crippen LogP contribution >= 0.6 is 0 Å². The van der Waals surface area contributed by atoms with Crippen LogP contribution in [0.4, 0.5) is 11.4 Å². The zero-order valence-electron chi connectivity index (χ0n) is 19.1. The van der Waals surface area contributed by atoms with Crippen LogP contribution in [0.3, 0.4) is 0 Å². The van der Waals surface area contributed by atoms with Crippen LogP contribution in [-0.4, -0.2) is 11.4 Å². The SMILES string of the molecule is Cc1ccc(N=C(C(=Nc2ccc(C)cc2C)c2ccccc2)c2ccccc2)c(C)c1. The van der Waals surface area contributed by atoms with E-state index in [9.17, 15) is 0 Å². The van der Waals surface area contributed by atoms with Crippen molar-refractivity contribution in [3.63, 3.8) is 0 Å². The molecule has 0 radical (unpaired) electrons. The smallest absolute Gasteiger partial charge is 0.0972 e.